The molecule has 0 N–H and O–H groups in total. The zero-order valence-corrected chi connectivity index (χ0v) is 22.0. The molecule has 146 valence electrons. The van der Waals surface area contributed by atoms with Crippen molar-refractivity contribution >= 4 is 60.3 Å². The number of rotatable bonds is 17. The van der Waals surface area contributed by atoms with Gasteiger partial charge >= 0.3 is 0 Å². The van der Waals surface area contributed by atoms with E-state index in [-0.39, 0.29) is 0 Å². The molecule has 0 aliphatic carbocycles. The van der Waals surface area contributed by atoms with Gasteiger partial charge in [-0.2, -0.15) is 0 Å². The molecule has 0 spiro atoms. The molecule has 10 heteroatoms. The summed E-state index contributed by atoms with van der Waals surface area (Å²) >= 11 is 0. The van der Waals surface area contributed by atoms with Crippen molar-refractivity contribution in [2.75, 3.05) is 26.4 Å². The third-order valence-electron chi connectivity index (χ3n) is 2.92. The Hall–Kier alpha value is 1.67. The van der Waals surface area contributed by atoms with Gasteiger partial charge in [0.25, 0.3) is 0 Å². The van der Waals surface area contributed by atoms with Crippen LogP contribution in [-0.2, 0) is 18.9 Å². The van der Waals surface area contributed by atoms with Gasteiger partial charge in [-0.1, -0.05) is 25.9 Å². The van der Waals surface area contributed by atoms with Crippen LogP contribution in [0.1, 0.15) is 41.5 Å². The third kappa shape index (κ3) is 10.1. The van der Waals surface area contributed by atoms with Crippen LogP contribution >= 0.6 is 41.2 Å². The molecule has 0 aromatic carbocycles. The predicted octanol–water partition coefficient (Wildman–Crippen LogP) is 4.25. The van der Waals surface area contributed by atoms with Gasteiger partial charge in [-0.15, -0.1) is 0 Å². The minimum Gasteiger partial charge on any atom is -0.345 e. The second-order valence-electron chi connectivity index (χ2n) is 4.90. The van der Waals surface area contributed by atoms with E-state index in [4.69, 9.17) is 18.9 Å². The molecule has 0 unspecified atom stereocenters. The highest BCUT2D eigenvalue weighted by molar-refractivity contribution is 9.26. The SMILES string of the molecule is CCOC(OCC)([SiH2]CC)SSSSC(OCC)(OCC)[SiH2]CC. The summed E-state index contributed by atoms with van der Waals surface area (Å²) in [6.45, 7) is 15.3. The van der Waals surface area contributed by atoms with E-state index in [1.54, 1.807) is 41.2 Å². The molecular weight excluding hydrogens is 417 g/mol. The van der Waals surface area contributed by atoms with Crippen molar-refractivity contribution in [3.8, 4) is 0 Å². The van der Waals surface area contributed by atoms with Gasteiger partial charge in [0.15, 0.2) is 0 Å². The van der Waals surface area contributed by atoms with E-state index < -0.39 is 28.5 Å². The summed E-state index contributed by atoms with van der Waals surface area (Å²) in [5.74, 6) is 0. The van der Waals surface area contributed by atoms with Crippen molar-refractivity contribution < 1.29 is 18.9 Å². The maximum Gasteiger partial charge on any atom is 0.200 e. The standard InChI is InChI=1S/C14H34O4S4Si2/c1-7-15-13(16-8-2,23-11-5)19-21-22-20-14(17-9-3,18-10-4)24-12-6/h7-12,23-24H2,1-6H3. The summed E-state index contributed by atoms with van der Waals surface area (Å²) in [5.41, 5.74) is 0. The quantitative estimate of drug-likeness (QED) is 0.141. The van der Waals surface area contributed by atoms with E-state index in [1.807, 2.05) is 27.7 Å². The lowest BCUT2D eigenvalue weighted by Crippen LogP contribution is -2.38. The molecule has 0 aromatic rings. The molecule has 0 saturated carbocycles. The third-order valence-corrected chi connectivity index (χ3v) is 15.8. The molecule has 0 radical (unpaired) electrons. The van der Waals surface area contributed by atoms with Crippen LogP contribution in [0.5, 0.6) is 0 Å². The van der Waals surface area contributed by atoms with Crippen molar-refractivity contribution in [3.63, 3.8) is 0 Å². The van der Waals surface area contributed by atoms with Crippen LogP contribution in [0.2, 0.25) is 12.1 Å². The Kier molecular flexibility index (Phi) is 16.8. The summed E-state index contributed by atoms with van der Waals surface area (Å²) in [5, 5.41) is 0. The first-order valence-corrected chi connectivity index (χ1v) is 17.1. The van der Waals surface area contributed by atoms with Crippen LogP contribution in [0.3, 0.4) is 0 Å². The highest BCUT2D eigenvalue weighted by Crippen LogP contribution is 2.53. The largest absolute Gasteiger partial charge is 0.345 e. The average Bonchev–Trinajstić information content (AvgIpc) is 2.53. The molecule has 0 heterocycles. The second-order valence-corrected chi connectivity index (χ2v) is 16.9. The van der Waals surface area contributed by atoms with E-state index >= 15 is 0 Å². The molecular formula is C14H34O4S4Si2. The van der Waals surface area contributed by atoms with E-state index in [0.29, 0.717) is 26.4 Å². The molecule has 0 aromatic heterocycles. The maximum absolute atomic E-state index is 5.99. The maximum atomic E-state index is 5.99. The summed E-state index contributed by atoms with van der Waals surface area (Å²) in [7, 11) is 5.97. The number of ether oxygens (including phenoxy) is 4. The first kappa shape index (κ1) is 25.7. The Morgan fingerprint density at radius 1 is 0.583 bits per heavy atom. The highest BCUT2D eigenvalue weighted by Gasteiger charge is 2.35. The van der Waals surface area contributed by atoms with Gasteiger partial charge in [0, 0.05) is 26.4 Å². The monoisotopic (exact) mass is 450 g/mol. The predicted molar refractivity (Wildman–Crippen MR) is 120 cm³/mol. The molecule has 0 atom stereocenters. The number of hydrogen-bond acceptors (Lipinski definition) is 8. The van der Waals surface area contributed by atoms with Crippen molar-refractivity contribution in [1.82, 2.24) is 0 Å². The van der Waals surface area contributed by atoms with Gasteiger partial charge in [-0.3, -0.25) is 0 Å². The second kappa shape index (κ2) is 15.7. The molecule has 0 aliphatic heterocycles. The summed E-state index contributed by atoms with van der Waals surface area (Å²) in [6, 6.07) is 2.33. The lowest BCUT2D eigenvalue weighted by atomic mass is 10.8. The van der Waals surface area contributed by atoms with Crippen molar-refractivity contribution in [3.05, 3.63) is 0 Å². The molecule has 4 nitrogen and oxygen atoms in total. The minimum absolute atomic E-state index is 0.418. The van der Waals surface area contributed by atoms with Crippen molar-refractivity contribution in [2.45, 2.75) is 63.1 Å². The average molecular weight is 451 g/mol. The zero-order valence-electron chi connectivity index (χ0n) is 15.9. The molecule has 0 fully saturated rings. The van der Waals surface area contributed by atoms with Crippen molar-refractivity contribution in [2.24, 2.45) is 0 Å². The van der Waals surface area contributed by atoms with Gasteiger partial charge in [-0.25, -0.2) is 0 Å². The van der Waals surface area contributed by atoms with Gasteiger partial charge in [0.1, 0.15) is 19.0 Å². The zero-order chi connectivity index (χ0) is 18.3. The minimum atomic E-state index is -0.463. The van der Waals surface area contributed by atoms with Crippen LogP contribution < -0.4 is 0 Å². The highest BCUT2D eigenvalue weighted by atomic mass is 33.7. The van der Waals surface area contributed by atoms with Gasteiger partial charge < -0.3 is 18.9 Å². The smallest absolute Gasteiger partial charge is 0.200 e. The van der Waals surface area contributed by atoms with Gasteiger partial charge in [0.05, 0.1) is 0 Å². The summed E-state index contributed by atoms with van der Waals surface area (Å²) < 4.78 is 23.1. The lowest BCUT2D eigenvalue weighted by molar-refractivity contribution is -0.109. The Morgan fingerprint density at radius 2 is 0.875 bits per heavy atom. The molecule has 24 heavy (non-hydrogen) atoms. The van der Waals surface area contributed by atoms with Crippen LogP contribution in [-0.4, -0.2) is 55.0 Å². The van der Waals surface area contributed by atoms with Gasteiger partial charge in [-0.05, 0) is 68.9 Å². The molecule has 0 aliphatic rings. The fourth-order valence-corrected chi connectivity index (χ4v) is 16.9. The Balaban J connectivity index is 4.64. The van der Waals surface area contributed by atoms with E-state index in [9.17, 15) is 0 Å². The van der Waals surface area contributed by atoms with Crippen LogP contribution in [0.15, 0.2) is 0 Å². The molecule has 0 amide bonds. The molecule has 0 rings (SSSR count). The Labute approximate surface area is 168 Å². The fraction of sp³-hybridized carbons (Fsp3) is 1.00. The normalized spacial score (nSPS) is 13.8. The topological polar surface area (TPSA) is 36.9 Å². The first-order chi connectivity index (χ1) is 11.6. The molecule has 0 bridgehead atoms. The van der Waals surface area contributed by atoms with Crippen molar-refractivity contribution in [1.29, 1.82) is 0 Å². The van der Waals surface area contributed by atoms with E-state index in [2.05, 4.69) is 13.8 Å². The van der Waals surface area contributed by atoms with Crippen LogP contribution in [0.4, 0.5) is 0 Å². The summed E-state index contributed by atoms with van der Waals surface area (Å²) in [6.07, 6.45) is 0. The summed E-state index contributed by atoms with van der Waals surface area (Å²) in [4.78, 5) is 0. The van der Waals surface area contributed by atoms with Gasteiger partial charge in [0.2, 0.25) is 9.48 Å². The fourth-order valence-electron chi connectivity index (χ4n) is 2.18. The van der Waals surface area contributed by atoms with E-state index in [0.717, 1.165) is 12.1 Å². The Bertz CT molecular complexity index is 242. The first-order valence-electron chi connectivity index (χ1n) is 8.83. The Morgan fingerprint density at radius 3 is 1.08 bits per heavy atom. The lowest BCUT2D eigenvalue weighted by Gasteiger charge is -2.33. The van der Waals surface area contributed by atoms with E-state index in [1.165, 1.54) is 0 Å². The molecule has 0 saturated heterocycles. The van der Waals surface area contributed by atoms with Crippen LogP contribution in [0.25, 0.3) is 0 Å². The number of hydrogen-bond donors (Lipinski definition) is 0. The van der Waals surface area contributed by atoms with Crippen LogP contribution in [0, 0.1) is 0 Å².